The van der Waals surface area contributed by atoms with Crippen LogP contribution in [-0.4, -0.2) is 46.6 Å². The lowest BCUT2D eigenvalue weighted by Crippen LogP contribution is -2.17. The molecule has 2 aromatic carbocycles. The van der Waals surface area contributed by atoms with E-state index < -0.39 is 11.6 Å². The maximum absolute atomic E-state index is 13.4. The first-order valence-electron chi connectivity index (χ1n) is 11.9. The number of halogens is 2. The number of anilines is 1. The molecular formula is C27H29F2N5O2. The number of aromatic nitrogens is 3. The van der Waals surface area contributed by atoms with Gasteiger partial charge in [-0.3, -0.25) is 9.78 Å². The van der Waals surface area contributed by atoms with Gasteiger partial charge in [0.05, 0.1) is 29.4 Å². The molecule has 3 heterocycles. The summed E-state index contributed by atoms with van der Waals surface area (Å²) in [7, 11) is 1.47. The van der Waals surface area contributed by atoms with Crippen LogP contribution in [0.15, 0.2) is 53.5 Å². The van der Waals surface area contributed by atoms with Crippen LogP contribution in [-0.2, 0) is 6.42 Å². The van der Waals surface area contributed by atoms with Crippen molar-refractivity contribution < 1.29 is 13.5 Å². The maximum atomic E-state index is 13.4. The highest BCUT2D eigenvalue weighted by Crippen LogP contribution is 2.25. The van der Waals surface area contributed by atoms with E-state index in [1.165, 1.54) is 51.7 Å². The van der Waals surface area contributed by atoms with Gasteiger partial charge in [0.25, 0.3) is 5.56 Å². The standard InChI is InChI=1S/C21H16F2N4O2.C6H13N/c1-29-19-8-15-18(9-16(19)24)26-20(27-21(15)28)4-11-2-3-17(25-10-11)12-5-13(22)7-14(23)6-12;1-2-7-5-3-4-6-7/h2-3,5-10H,4,24H2,1H3,(H,26,27,28);2-6H2,1H3. The van der Waals surface area contributed by atoms with E-state index in [0.717, 1.165) is 11.6 Å². The van der Waals surface area contributed by atoms with Gasteiger partial charge in [-0.2, -0.15) is 0 Å². The molecule has 1 saturated heterocycles. The van der Waals surface area contributed by atoms with E-state index in [0.29, 0.717) is 45.8 Å². The van der Waals surface area contributed by atoms with Crippen molar-refractivity contribution >= 4 is 16.6 Å². The van der Waals surface area contributed by atoms with Crippen LogP contribution in [0, 0.1) is 11.6 Å². The summed E-state index contributed by atoms with van der Waals surface area (Å²) in [6, 6.07) is 9.80. The largest absolute Gasteiger partial charge is 0.495 e. The van der Waals surface area contributed by atoms with Crippen LogP contribution in [0.5, 0.6) is 5.75 Å². The molecule has 5 rings (SSSR count). The van der Waals surface area contributed by atoms with Crippen LogP contribution >= 0.6 is 0 Å². The van der Waals surface area contributed by atoms with E-state index in [2.05, 4.69) is 26.8 Å². The molecule has 1 aliphatic heterocycles. The number of benzene rings is 2. The number of fused-ring (bicyclic) bond motifs is 1. The fourth-order valence-corrected chi connectivity index (χ4v) is 4.18. The number of pyridine rings is 1. The fraction of sp³-hybridized carbons (Fsp3) is 0.296. The number of ether oxygens (including phenoxy) is 1. The third kappa shape index (κ3) is 6.04. The molecule has 3 N–H and O–H groups in total. The highest BCUT2D eigenvalue weighted by molar-refractivity contribution is 5.84. The Morgan fingerprint density at radius 1 is 1.08 bits per heavy atom. The van der Waals surface area contributed by atoms with Gasteiger partial charge in [-0.15, -0.1) is 0 Å². The fourth-order valence-electron chi connectivity index (χ4n) is 4.18. The molecule has 188 valence electrons. The summed E-state index contributed by atoms with van der Waals surface area (Å²) in [4.78, 5) is 26.3. The number of likely N-dealkylation sites (tertiary alicyclic amines) is 1. The second-order valence-corrected chi connectivity index (χ2v) is 8.65. The lowest BCUT2D eigenvalue weighted by Gasteiger charge is -2.08. The number of nitrogens with two attached hydrogens (primary N) is 1. The Morgan fingerprint density at radius 3 is 2.39 bits per heavy atom. The summed E-state index contributed by atoms with van der Waals surface area (Å²) >= 11 is 0. The van der Waals surface area contributed by atoms with Crippen LogP contribution in [0.4, 0.5) is 14.5 Å². The first kappa shape index (κ1) is 25.2. The van der Waals surface area contributed by atoms with Crippen molar-refractivity contribution in [3.05, 3.63) is 82.0 Å². The molecular weight excluding hydrogens is 464 g/mol. The molecule has 0 aliphatic carbocycles. The van der Waals surface area contributed by atoms with Gasteiger partial charge in [0.15, 0.2) is 0 Å². The summed E-state index contributed by atoms with van der Waals surface area (Å²) in [6.45, 7) is 6.16. The zero-order chi connectivity index (χ0) is 25.7. The molecule has 36 heavy (non-hydrogen) atoms. The molecule has 0 radical (unpaired) electrons. The summed E-state index contributed by atoms with van der Waals surface area (Å²) in [5, 5.41) is 0.376. The van der Waals surface area contributed by atoms with Gasteiger partial charge in [0, 0.05) is 24.2 Å². The van der Waals surface area contributed by atoms with Crippen LogP contribution in [0.2, 0.25) is 0 Å². The number of H-pyrrole nitrogens is 1. The molecule has 0 bridgehead atoms. The Labute approximate surface area is 208 Å². The van der Waals surface area contributed by atoms with E-state index in [1.54, 1.807) is 30.5 Å². The van der Waals surface area contributed by atoms with Crippen LogP contribution in [0.3, 0.4) is 0 Å². The van der Waals surface area contributed by atoms with Gasteiger partial charge in [-0.25, -0.2) is 13.8 Å². The molecule has 1 aliphatic rings. The lowest BCUT2D eigenvalue weighted by atomic mass is 10.1. The molecule has 0 unspecified atom stereocenters. The minimum Gasteiger partial charge on any atom is -0.495 e. The van der Waals surface area contributed by atoms with Gasteiger partial charge in [0.2, 0.25) is 0 Å². The Balaban J connectivity index is 0.000000375. The number of hydrogen-bond acceptors (Lipinski definition) is 6. The third-order valence-corrected chi connectivity index (χ3v) is 6.11. The molecule has 0 amide bonds. The van der Waals surface area contributed by atoms with Crippen molar-refractivity contribution in [2.75, 3.05) is 32.5 Å². The summed E-state index contributed by atoms with van der Waals surface area (Å²) in [5.74, 6) is -0.482. The Kier molecular flexibility index (Phi) is 7.90. The van der Waals surface area contributed by atoms with Crippen LogP contribution in [0.1, 0.15) is 31.2 Å². The van der Waals surface area contributed by atoms with Crippen LogP contribution in [0.25, 0.3) is 22.2 Å². The molecule has 0 spiro atoms. The SMILES string of the molecule is CCN1CCCC1.COc1cc2c(=O)[nH]c(Cc3ccc(-c4cc(F)cc(F)c4)nc3)nc2cc1N. The quantitative estimate of drug-likeness (QED) is 0.396. The first-order chi connectivity index (χ1) is 17.4. The average molecular weight is 494 g/mol. The highest BCUT2D eigenvalue weighted by atomic mass is 19.1. The maximum Gasteiger partial charge on any atom is 0.258 e. The van der Waals surface area contributed by atoms with Crippen molar-refractivity contribution in [3.8, 4) is 17.0 Å². The van der Waals surface area contributed by atoms with Gasteiger partial charge in [-0.1, -0.05) is 13.0 Å². The summed E-state index contributed by atoms with van der Waals surface area (Å²) in [6.07, 6.45) is 4.74. The number of nitrogens with one attached hydrogen (secondary N) is 1. The predicted molar refractivity (Wildman–Crippen MR) is 137 cm³/mol. The molecule has 4 aromatic rings. The smallest absolute Gasteiger partial charge is 0.258 e. The van der Waals surface area contributed by atoms with Gasteiger partial charge < -0.3 is 20.4 Å². The molecule has 1 fully saturated rings. The zero-order valence-electron chi connectivity index (χ0n) is 20.4. The normalized spacial score (nSPS) is 13.4. The molecule has 2 aromatic heterocycles. The van der Waals surface area contributed by atoms with E-state index in [9.17, 15) is 13.6 Å². The van der Waals surface area contributed by atoms with Gasteiger partial charge in [-0.05, 0) is 68.4 Å². The first-order valence-corrected chi connectivity index (χ1v) is 11.9. The number of hydrogen-bond donors (Lipinski definition) is 2. The monoisotopic (exact) mass is 493 g/mol. The van der Waals surface area contributed by atoms with E-state index in [1.807, 2.05) is 0 Å². The minimum absolute atomic E-state index is 0.303. The average Bonchev–Trinajstić information content (AvgIpc) is 3.38. The third-order valence-electron chi connectivity index (χ3n) is 6.11. The van der Waals surface area contributed by atoms with E-state index in [-0.39, 0.29) is 5.56 Å². The summed E-state index contributed by atoms with van der Waals surface area (Å²) < 4.78 is 31.9. The molecule has 0 saturated carbocycles. The van der Waals surface area contributed by atoms with Crippen molar-refractivity contribution in [2.24, 2.45) is 0 Å². The Morgan fingerprint density at radius 2 is 1.81 bits per heavy atom. The number of aromatic amines is 1. The molecule has 9 heteroatoms. The van der Waals surface area contributed by atoms with Crippen LogP contribution < -0.4 is 16.0 Å². The van der Waals surface area contributed by atoms with Crippen molar-refractivity contribution in [1.29, 1.82) is 0 Å². The van der Waals surface area contributed by atoms with Crippen molar-refractivity contribution in [3.63, 3.8) is 0 Å². The topological polar surface area (TPSA) is 97.1 Å². The van der Waals surface area contributed by atoms with Gasteiger partial charge in [0.1, 0.15) is 23.2 Å². The number of nitrogens with zero attached hydrogens (tertiary/aromatic N) is 3. The Bertz CT molecular complexity index is 1380. The number of methoxy groups -OCH3 is 1. The van der Waals surface area contributed by atoms with Crippen molar-refractivity contribution in [2.45, 2.75) is 26.2 Å². The molecule has 7 nitrogen and oxygen atoms in total. The van der Waals surface area contributed by atoms with Crippen molar-refractivity contribution in [1.82, 2.24) is 19.9 Å². The predicted octanol–water partition coefficient (Wildman–Crippen LogP) is 4.55. The van der Waals surface area contributed by atoms with E-state index in [4.69, 9.17) is 10.5 Å². The zero-order valence-corrected chi connectivity index (χ0v) is 20.4. The number of rotatable bonds is 5. The second kappa shape index (κ2) is 11.3. The second-order valence-electron chi connectivity index (χ2n) is 8.65. The lowest BCUT2D eigenvalue weighted by molar-refractivity contribution is 0.359. The van der Waals surface area contributed by atoms with Gasteiger partial charge >= 0.3 is 0 Å². The highest BCUT2D eigenvalue weighted by Gasteiger charge is 2.10. The minimum atomic E-state index is -0.667. The molecule has 0 atom stereocenters. The van der Waals surface area contributed by atoms with E-state index >= 15 is 0 Å². The Hall–Kier alpha value is -3.85. The summed E-state index contributed by atoms with van der Waals surface area (Å²) in [5.41, 5.74) is 8.00. The number of nitrogen functional groups attached to an aromatic ring is 1.